The lowest BCUT2D eigenvalue weighted by Crippen LogP contribution is -2.57. The number of carboxylic acids is 1. The summed E-state index contributed by atoms with van der Waals surface area (Å²) in [6, 6.07) is 3.00. The van der Waals surface area contributed by atoms with E-state index in [2.05, 4.69) is 0 Å². The molecule has 1 amide bonds. The highest BCUT2D eigenvalue weighted by molar-refractivity contribution is 7.92. The molecule has 2 fully saturated rings. The molecule has 0 radical (unpaired) electrons. The molecule has 2 unspecified atom stereocenters. The number of hydrogen-bond donors (Lipinski definition) is 1. The first-order chi connectivity index (χ1) is 21.0. The number of halogens is 9. The van der Waals surface area contributed by atoms with Crippen molar-refractivity contribution in [1.82, 2.24) is 4.90 Å². The summed E-state index contributed by atoms with van der Waals surface area (Å²) < 4.78 is 154. The van der Waals surface area contributed by atoms with Gasteiger partial charge in [0.2, 0.25) is 0 Å². The second-order valence-electron chi connectivity index (χ2n) is 12.7. The lowest BCUT2D eigenvalue weighted by atomic mass is 9.77. The number of aliphatic carboxylic acids is 1. The topological polar surface area (TPSA) is 91.8 Å². The molecule has 0 aromatic heterocycles. The van der Waals surface area contributed by atoms with Crippen LogP contribution in [0.25, 0.3) is 0 Å². The Bertz CT molecular complexity index is 1670. The molecule has 2 atom stereocenters. The normalized spacial score (nSPS) is 28.1. The maximum atomic E-state index is 16.3. The molecule has 3 aliphatic rings. The summed E-state index contributed by atoms with van der Waals surface area (Å²) in [7, 11) is -4.78. The predicted octanol–water partition coefficient (Wildman–Crippen LogP) is 6.66. The van der Waals surface area contributed by atoms with Crippen molar-refractivity contribution in [3.05, 3.63) is 65.0 Å². The molecular weight excluding hydrogens is 657 g/mol. The van der Waals surface area contributed by atoms with Crippen LogP contribution in [0.1, 0.15) is 62.6 Å². The number of alkyl halides is 8. The molecule has 1 saturated carbocycles. The number of amides is 1. The van der Waals surface area contributed by atoms with Crippen LogP contribution in [0.5, 0.6) is 0 Å². The molecule has 2 aromatic rings. The second kappa shape index (κ2) is 10.3. The molecular formula is C30H28F9NO5S. The van der Waals surface area contributed by atoms with Crippen molar-refractivity contribution in [1.29, 1.82) is 0 Å². The van der Waals surface area contributed by atoms with Gasteiger partial charge in [0, 0.05) is 17.5 Å². The minimum absolute atomic E-state index is 0.203. The fourth-order valence-electron chi connectivity index (χ4n) is 7.62. The summed E-state index contributed by atoms with van der Waals surface area (Å²) >= 11 is 0. The van der Waals surface area contributed by atoms with Crippen LogP contribution in [0, 0.1) is 11.7 Å². The van der Waals surface area contributed by atoms with E-state index >= 15 is 8.78 Å². The van der Waals surface area contributed by atoms with Gasteiger partial charge in [-0.15, -0.1) is 0 Å². The van der Waals surface area contributed by atoms with Crippen LogP contribution in [-0.4, -0.2) is 60.9 Å². The van der Waals surface area contributed by atoms with Gasteiger partial charge in [0.15, 0.2) is 15.5 Å². The lowest BCUT2D eigenvalue weighted by molar-refractivity contribution is -0.348. The number of carboxylic acid groups (broad SMARTS) is 1. The zero-order valence-corrected chi connectivity index (χ0v) is 25.1. The molecule has 1 N–H and O–H groups in total. The summed E-state index contributed by atoms with van der Waals surface area (Å²) in [5, 5.41) is 9.30. The van der Waals surface area contributed by atoms with Gasteiger partial charge in [-0.25, -0.2) is 21.6 Å². The minimum Gasteiger partial charge on any atom is -0.481 e. The molecule has 6 nitrogen and oxygen atoms in total. The lowest BCUT2D eigenvalue weighted by Gasteiger charge is -2.42. The zero-order valence-electron chi connectivity index (χ0n) is 24.3. The van der Waals surface area contributed by atoms with Crippen molar-refractivity contribution in [2.75, 3.05) is 6.54 Å². The predicted molar refractivity (Wildman–Crippen MR) is 143 cm³/mol. The van der Waals surface area contributed by atoms with Crippen LogP contribution < -0.4 is 0 Å². The van der Waals surface area contributed by atoms with Gasteiger partial charge in [-0.3, -0.25) is 9.59 Å². The average molecular weight is 686 g/mol. The molecule has 1 saturated heterocycles. The van der Waals surface area contributed by atoms with Crippen molar-refractivity contribution in [3.8, 4) is 0 Å². The van der Waals surface area contributed by atoms with E-state index in [4.69, 9.17) is 0 Å². The highest BCUT2D eigenvalue weighted by atomic mass is 32.2. The smallest absolute Gasteiger partial charge is 0.435 e. The fraction of sp³-hybridized carbons (Fsp3) is 0.533. The van der Waals surface area contributed by atoms with Crippen molar-refractivity contribution < 1.29 is 62.6 Å². The molecule has 1 aliphatic heterocycles. The van der Waals surface area contributed by atoms with Crippen molar-refractivity contribution in [2.24, 2.45) is 5.92 Å². The Labute approximate surface area is 257 Å². The molecule has 16 heteroatoms. The summed E-state index contributed by atoms with van der Waals surface area (Å²) in [4.78, 5) is 25.7. The Kier molecular flexibility index (Phi) is 7.66. The Morgan fingerprint density at radius 1 is 0.870 bits per heavy atom. The fourth-order valence-corrected chi connectivity index (χ4v) is 10.1. The Morgan fingerprint density at radius 2 is 1.41 bits per heavy atom. The molecule has 0 spiro atoms. The van der Waals surface area contributed by atoms with E-state index in [0.717, 1.165) is 29.2 Å². The summed E-state index contributed by atoms with van der Waals surface area (Å²) in [6.07, 6.45) is -14.9. The number of carbonyl (C=O) groups is 2. The van der Waals surface area contributed by atoms with Crippen molar-refractivity contribution in [2.45, 2.75) is 90.7 Å². The van der Waals surface area contributed by atoms with E-state index in [0.29, 0.717) is 12.1 Å². The van der Waals surface area contributed by atoms with E-state index < -0.39 is 115 Å². The van der Waals surface area contributed by atoms with Crippen LogP contribution in [0.15, 0.2) is 47.4 Å². The van der Waals surface area contributed by atoms with Crippen molar-refractivity contribution in [3.63, 3.8) is 0 Å². The maximum absolute atomic E-state index is 16.3. The van der Waals surface area contributed by atoms with E-state index in [1.54, 1.807) is 0 Å². The first-order valence-corrected chi connectivity index (χ1v) is 15.7. The van der Waals surface area contributed by atoms with E-state index in [-0.39, 0.29) is 24.5 Å². The summed E-state index contributed by atoms with van der Waals surface area (Å²) in [5.41, 5.74) is -12.9. The second-order valence-corrected chi connectivity index (χ2v) is 14.9. The third kappa shape index (κ3) is 4.55. The number of fused-ring (bicyclic) bond motifs is 3. The highest BCUT2D eigenvalue weighted by Gasteiger charge is 2.75. The van der Waals surface area contributed by atoms with E-state index in [1.165, 1.54) is 13.8 Å². The van der Waals surface area contributed by atoms with Crippen LogP contribution in [0.3, 0.4) is 0 Å². The number of rotatable bonds is 5. The molecule has 46 heavy (non-hydrogen) atoms. The van der Waals surface area contributed by atoms with Gasteiger partial charge >= 0.3 is 24.0 Å². The summed E-state index contributed by atoms with van der Waals surface area (Å²) in [6.45, 7) is 2.10. The van der Waals surface area contributed by atoms with Gasteiger partial charge in [-0.2, -0.15) is 26.3 Å². The minimum atomic E-state index is -6.46. The van der Waals surface area contributed by atoms with Gasteiger partial charge in [0.25, 0.3) is 5.91 Å². The van der Waals surface area contributed by atoms with Crippen LogP contribution >= 0.6 is 0 Å². The number of likely N-dealkylation sites (tertiary alicyclic amines) is 1. The number of sulfone groups is 1. The van der Waals surface area contributed by atoms with Gasteiger partial charge in [-0.05, 0) is 67.5 Å². The molecule has 252 valence electrons. The van der Waals surface area contributed by atoms with Crippen LogP contribution in [-0.2, 0) is 35.3 Å². The Morgan fingerprint density at radius 3 is 1.91 bits per heavy atom. The highest BCUT2D eigenvalue weighted by Crippen LogP contribution is 2.63. The van der Waals surface area contributed by atoms with Gasteiger partial charge in [0.05, 0.1) is 16.9 Å². The monoisotopic (exact) mass is 685 g/mol. The molecule has 0 bridgehead atoms. The largest absolute Gasteiger partial charge is 0.481 e. The first-order valence-electron chi connectivity index (χ1n) is 14.2. The molecule has 1 heterocycles. The number of nitrogens with zero attached hydrogens (tertiary/aromatic N) is 1. The Hall–Kier alpha value is -3.30. The molecule has 5 rings (SSSR count). The summed E-state index contributed by atoms with van der Waals surface area (Å²) in [5.74, 6) is -4.14. The molecule has 2 aliphatic carbocycles. The average Bonchev–Trinajstić information content (AvgIpc) is 3.46. The standard InChI is InChI=1S/C30H28F9NO5S/c1-25(2)21-15-17(28(33,29(34,35)36)30(37,38)39)3-8-20(21)27(46(44,45)19-6-4-18(31)5-7-19)13-14-40(23(25)27)24(43)26(32)11-9-16(10-12-26)22(41)42/h3-8,15-16,23H,9-14H2,1-2H3,(H,41,42)/t16-,23?,26+,27?. The Balaban J connectivity index is 1.72. The van der Waals surface area contributed by atoms with Crippen LogP contribution in [0.2, 0.25) is 0 Å². The van der Waals surface area contributed by atoms with E-state index in [1.807, 2.05) is 0 Å². The third-order valence-electron chi connectivity index (χ3n) is 9.88. The van der Waals surface area contributed by atoms with Gasteiger partial charge in [-0.1, -0.05) is 32.0 Å². The number of carbonyl (C=O) groups excluding carboxylic acids is 1. The van der Waals surface area contributed by atoms with Gasteiger partial charge in [0.1, 0.15) is 10.6 Å². The third-order valence-corrected chi connectivity index (χ3v) is 12.4. The zero-order chi connectivity index (χ0) is 34.5. The van der Waals surface area contributed by atoms with Gasteiger partial charge < -0.3 is 10.0 Å². The molecule has 2 aromatic carbocycles. The maximum Gasteiger partial charge on any atom is 0.435 e. The van der Waals surface area contributed by atoms with Crippen molar-refractivity contribution >= 4 is 21.7 Å². The van der Waals surface area contributed by atoms with E-state index in [9.17, 15) is 53.8 Å². The van der Waals surface area contributed by atoms with Crippen LogP contribution in [0.4, 0.5) is 39.5 Å². The number of hydrogen-bond acceptors (Lipinski definition) is 4. The SMILES string of the molecule is CC1(C)c2cc(C(F)(C(F)(F)F)C(F)(F)F)ccc2C2(S(=O)(=O)c3ccc(F)cc3)CCN(C(=O)[C@]3(F)CC[C@@H](C(=O)O)CC3)C12. The first kappa shape index (κ1) is 34.0. The quantitative estimate of drug-likeness (QED) is 0.281. The number of benzene rings is 2.